The first-order valence-corrected chi connectivity index (χ1v) is 9.84. The van der Waals surface area contributed by atoms with Crippen LogP contribution < -0.4 is 4.74 Å². The Morgan fingerprint density at radius 1 is 1.29 bits per heavy atom. The summed E-state index contributed by atoms with van der Waals surface area (Å²) in [6, 6.07) is 15.6. The van der Waals surface area contributed by atoms with Crippen molar-refractivity contribution >= 4 is 5.91 Å². The Labute approximate surface area is 167 Å². The highest BCUT2D eigenvalue weighted by molar-refractivity contribution is 5.82. The number of amides is 1. The number of aliphatic hydroxyl groups is 1. The van der Waals surface area contributed by atoms with Gasteiger partial charge in [0.1, 0.15) is 5.75 Å². The van der Waals surface area contributed by atoms with Crippen molar-refractivity contribution < 1.29 is 14.6 Å². The number of likely N-dealkylation sites (N-methyl/N-ethyl adjacent to an activating group) is 1. The molecule has 0 bridgehead atoms. The minimum absolute atomic E-state index is 0.0812. The van der Waals surface area contributed by atoms with Gasteiger partial charge >= 0.3 is 0 Å². The topological polar surface area (TPSA) is 53.0 Å². The molecule has 3 rings (SSSR count). The third-order valence-electron chi connectivity index (χ3n) is 5.44. The van der Waals surface area contributed by atoms with E-state index < -0.39 is 6.10 Å². The molecule has 0 radical (unpaired) electrons. The van der Waals surface area contributed by atoms with Crippen molar-refractivity contribution in [3.8, 4) is 5.75 Å². The summed E-state index contributed by atoms with van der Waals surface area (Å²) in [4.78, 5) is 17.0. The maximum absolute atomic E-state index is 13.0. The number of hydrogen-bond acceptors (Lipinski definition) is 4. The third kappa shape index (κ3) is 4.91. The van der Waals surface area contributed by atoms with E-state index in [9.17, 15) is 9.90 Å². The summed E-state index contributed by atoms with van der Waals surface area (Å²) in [6.07, 6.45) is 1.18. The summed E-state index contributed by atoms with van der Waals surface area (Å²) in [5, 5.41) is 10.5. The molecule has 2 atom stereocenters. The Kier molecular flexibility index (Phi) is 6.70. The number of likely N-dealkylation sites (tertiary alicyclic amines) is 1. The summed E-state index contributed by atoms with van der Waals surface area (Å²) >= 11 is 0. The van der Waals surface area contributed by atoms with Crippen molar-refractivity contribution in [2.45, 2.75) is 38.5 Å². The molecule has 0 saturated carbocycles. The molecule has 5 nitrogen and oxygen atoms in total. The second-order valence-electron chi connectivity index (χ2n) is 7.63. The van der Waals surface area contributed by atoms with Crippen LogP contribution in [-0.4, -0.2) is 54.1 Å². The van der Waals surface area contributed by atoms with Crippen LogP contribution in [0.3, 0.4) is 0 Å². The first-order valence-electron chi connectivity index (χ1n) is 9.84. The van der Waals surface area contributed by atoms with Gasteiger partial charge < -0.3 is 14.7 Å². The Morgan fingerprint density at radius 3 is 2.71 bits per heavy atom. The van der Waals surface area contributed by atoms with Gasteiger partial charge in [-0.1, -0.05) is 42.0 Å². The van der Waals surface area contributed by atoms with Crippen LogP contribution >= 0.6 is 0 Å². The van der Waals surface area contributed by atoms with Gasteiger partial charge in [0.25, 0.3) is 0 Å². The molecular formula is C23H30N2O3. The monoisotopic (exact) mass is 382 g/mol. The van der Waals surface area contributed by atoms with E-state index in [1.54, 1.807) is 19.1 Å². The standard InChI is InChI=1S/C23H30N2O3/c1-17-6-4-7-18(14-17)15-25-13-5-8-21(25)23(27)24(2)16-22(26)19-9-11-20(28-3)12-10-19/h4,6-7,9-12,14,21-22,26H,5,8,13,15-16H2,1-3H3. The van der Waals surface area contributed by atoms with Gasteiger partial charge in [0, 0.05) is 13.6 Å². The van der Waals surface area contributed by atoms with Gasteiger partial charge in [-0.25, -0.2) is 0 Å². The summed E-state index contributed by atoms with van der Waals surface area (Å²) in [5.74, 6) is 0.829. The van der Waals surface area contributed by atoms with Crippen LogP contribution in [0.25, 0.3) is 0 Å². The SMILES string of the molecule is COc1ccc(C(O)CN(C)C(=O)C2CCCN2Cc2cccc(C)c2)cc1. The summed E-state index contributed by atoms with van der Waals surface area (Å²) in [7, 11) is 3.39. The van der Waals surface area contributed by atoms with E-state index in [1.807, 2.05) is 24.3 Å². The minimum atomic E-state index is -0.716. The fraction of sp³-hybridized carbons (Fsp3) is 0.435. The van der Waals surface area contributed by atoms with E-state index in [-0.39, 0.29) is 18.5 Å². The van der Waals surface area contributed by atoms with Crippen LogP contribution in [0.1, 0.15) is 35.6 Å². The van der Waals surface area contributed by atoms with Gasteiger partial charge in [-0.3, -0.25) is 9.69 Å². The number of carbonyl (C=O) groups excluding carboxylic acids is 1. The van der Waals surface area contributed by atoms with Crippen LogP contribution in [0.4, 0.5) is 0 Å². The Bertz CT molecular complexity index is 791. The van der Waals surface area contributed by atoms with E-state index >= 15 is 0 Å². The van der Waals surface area contributed by atoms with Crippen molar-refractivity contribution in [2.24, 2.45) is 0 Å². The largest absolute Gasteiger partial charge is 0.497 e. The van der Waals surface area contributed by atoms with Crippen LogP contribution in [-0.2, 0) is 11.3 Å². The second kappa shape index (κ2) is 9.22. The number of carbonyl (C=O) groups is 1. The number of aryl methyl sites for hydroxylation is 1. The quantitative estimate of drug-likeness (QED) is 0.799. The van der Waals surface area contributed by atoms with Gasteiger partial charge in [0.15, 0.2) is 0 Å². The van der Waals surface area contributed by atoms with Crippen molar-refractivity contribution in [3.63, 3.8) is 0 Å². The summed E-state index contributed by atoms with van der Waals surface area (Å²) in [6.45, 7) is 4.08. The maximum Gasteiger partial charge on any atom is 0.239 e. The molecule has 1 saturated heterocycles. The van der Waals surface area contributed by atoms with Gasteiger partial charge in [-0.05, 0) is 49.6 Å². The molecule has 1 heterocycles. The lowest BCUT2D eigenvalue weighted by atomic mass is 10.1. The molecule has 1 amide bonds. The van der Waals surface area contributed by atoms with Crippen LogP contribution in [0.2, 0.25) is 0 Å². The number of nitrogens with zero attached hydrogens (tertiary/aromatic N) is 2. The highest BCUT2D eigenvalue weighted by atomic mass is 16.5. The normalized spacial score (nSPS) is 18.1. The molecule has 0 aliphatic carbocycles. The number of methoxy groups -OCH3 is 1. The van der Waals surface area contributed by atoms with E-state index in [4.69, 9.17) is 4.74 Å². The van der Waals surface area contributed by atoms with Gasteiger partial charge in [0.05, 0.1) is 25.8 Å². The molecule has 28 heavy (non-hydrogen) atoms. The number of rotatable bonds is 7. The molecular weight excluding hydrogens is 352 g/mol. The Morgan fingerprint density at radius 2 is 2.04 bits per heavy atom. The van der Waals surface area contributed by atoms with Gasteiger partial charge in [-0.15, -0.1) is 0 Å². The van der Waals surface area contributed by atoms with E-state index in [0.29, 0.717) is 0 Å². The van der Waals surface area contributed by atoms with E-state index in [2.05, 4.69) is 36.1 Å². The molecule has 150 valence electrons. The van der Waals surface area contributed by atoms with Crippen molar-refractivity contribution in [1.29, 1.82) is 0 Å². The Balaban J connectivity index is 1.60. The molecule has 1 aliphatic rings. The zero-order chi connectivity index (χ0) is 20.1. The fourth-order valence-corrected chi connectivity index (χ4v) is 3.88. The predicted molar refractivity (Wildman–Crippen MR) is 110 cm³/mol. The van der Waals surface area contributed by atoms with Crippen molar-refractivity contribution in [2.75, 3.05) is 27.2 Å². The molecule has 1 N–H and O–H groups in total. The van der Waals surface area contributed by atoms with Crippen LogP contribution in [0.15, 0.2) is 48.5 Å². The second-order valence-corrected chi connectivity index (χ2v) is 7.63. The molecule has 1 aliphatic heterocycles. The molecule has 0 aromatic heterocycles. The molecule has 5 heteroatoms. The fourth-order valence-electron chi connectivity index (χ4n) is 3.88. The van der Waals surface area contributed by atoms with Gasteiger partial charge in [0.2, 0.25) is 5.91 Å². The average Bonchev–Trinajstić information content (AvgIpc) is 3.15. The molecule has 2 aromatic rings. The van der Waals surface area contributed by atoms with E-state index in [0.717, 1.165) is 37.2 Å². The number of ether oxygens (including phenoxy) is 1. The maximum atomic E-state index is 13.0. The van der Waals surface area contributed by atoms with Crippen molar-refractivity contribution in [1.82, 2.24) is 9.80 Å². The highest BCUT2D eigenvalue weighted by Gasteiger charge is 2.33. The number of hydrogen-bond donors (Lipinski definition) is 1. The molecule has 0 spiro atoms. The zero-order valence-electron chi connectivity index (χ0n) is 17.0. The predicted octanol–water partition coefficient (Wildman–Crippen LogP) is 3.16. The third-order valence-corrected chi connectivity index (χ3v) is 5.44. The van der Waals surface area contributed by atoms with Crippen LogP contribution in [0, 0.1) is 6.92 Å². The van der Waals surface area contributed by atoms with E-state index in [1.165, 1.54) is 11.1 Å². The first kappa shape index (κ1) is 20.4. The highest BCUT2D eigenvalue weighted by Crippen LogP contribution is 2.23. The zero-order valence-corrected chi connectivity index (χ0v) is 17.0. The van der Waals surface area contributed by atoms with Crippen LogP contribution in [0.5, 0.6) is 5.75 Å². The number of aliphatic hydroxyl groups excluding tert-OH is 1. The lowest BCUT2D eigenvalue weighted by molar-refractivity contribution is -0.136. The Hall–Kier alpha value is -2.37. The lowest BCUT2D eigenvalue weighted by Crippen LogP contribution is -2.45. The lowest BCUT2D eigenvalue weighted by Gasteiger charge is -2.29. The van der Waals surface area contributed by atoms with Gasteiger partial charge in [-0.2, -0.15) is 0 Å². The minimum Gasteiger partial charge on any atom is -0.497 e. The number of benzene rings is 2. The smallest absolute Gasteiger partial charge is 0.239 e. The molecule has 2 unspecified atom stereocenters. The molecule has 2 aromatic carbocycles. The summed E-state index contributed by atoms with van der Waals surface area (Å²) < 4.78 is 5.15. The first-order chi connectivity index (χ1) is 13.5. The summed E-state index contributed by atoms with van der Waals surface area (Å²) in [5.41, 5.74) is 3.25. The average molecular weight is 383 g/mol. The van der Waals surface area contributed by atoms with Crippen molar-refractivity contribution in [3.05, 3.63) is 65.2 Å². The molecule has 1 fully saturated rings.